The summed E-state index contributed by atoms with van der Waals surface area (Å²) in [6.45, 7) is 7.67. The van der Waals surface area contributed by atoms with Crippen molar-refractivity contribution >= 4 is 12.6 Å². The average molecular weight is 208 g/mol. The van der Waals surface area contributed by atoms with E-state index in [-0.39, 0.29) is 6.10 Å². The molecule has 0 saturated carbocycles. The Kier molecular flexibility index (Phi) is 3.77. The summed E-state index contributed by atoms with van der Waals surface area (Å²) in [5.74, 6) is 0.707. The van der Waals surface area contributed by atoms with Crippen LogP contribution in [-0.2, 0) is 0 Å². The van der Waals surface area contributed by atoms with Gasteiger partial charge in [-0.25, -0.2) is 0 Å². The molecule has 0 amide bonds. The van der Waals surface area contributed by atoms with Gasteiger partial charge in [-0.15, -0.1) is 0 Å². The second kappa shape index (κ2) is 4.68. The standard InChI is InChI=1S/C11H17BO3/c1-7(2)15-11-6-10(12(13)14)8(3)5-9(11)4/h5-7,13-14H,1-4H3. The fourth-order valence-electron chi connectivity index (χ4n) is 1.51. The molecule has 0 heterocycles. The first-order chi connectivity index (χ1) is 6.91. The van der Waals surface area contributed by atoms with E-state index in [9.17, 15) is 0 Å². The summed E-state index contributed by atoms with van der Waals surface area (Å²) in [4.78, 5) is 0. The zero-order valence-electron chi connectivity index (χ0n) is 9.61. The van der Waals surface area contributed by atoms with Crippen LogP contribution in [0.4, 0.5) is 0 Å². The van der Waals surface area contributed by atoms with Crippen LogP contribution >= 0.6 is 0 Å². The lowest BCUT2D eigenvalue weighted by Gasteiger charge is -2.15. The molecule has 0 spiro atoms. The number of aryl methyl sites for hydroxylation is 2. The summed E-state index contributed by atoms with van der Waals surface area (Å²) in [5.41, 5.74) is 2.36. The Morgan fingerprint density at radius 3 is 2.20 bits per heavy atom. The van der Waals surface area contributed by atoms with Crippen LogP contribution in [0.15, 0.2) is 12.1 Å². The van der Waals surface area contributed by atoms with Crippen molar-refractivity contribution in [2.75, 3.05) is 0 Å². The number of benzene rings is 1. The zero-order chi connectivity index (χ0) is 11.6. The molecule has 2 N–H and O–H groups in total. The number of hydrogen-bond donors (Lipinski definition) is 2. The number of ether oxygens (including phenoxy) is 1. The predicted octanol–water partition coefficient (Wildman–Crippen LogP) is 0.770. The van der Waals surface area contributed by atoms with E-state index in [2.05, 4.69) is 0 Å². The van der Waals surface area contributed by atoms with Crippen LogP contribution in [0.1, 0.15) is 25.0 Å². The molecule has 1 aromatic rings. The Balaban J connectivity index is 3.11. The molecule has 0 aliphatic heterocycles. The fraction of sp³-hybridized carbons (Fsp3) is 0.455. The Hall–Kier alpha value is -0.995. The average Bonchev–Trinajstić information content (AvgIpc) is 2.08. The lowest BCUT2D eigenvalue weighted by Crippen LogP contribution is -2.32. The highest BCUT2D eigenvalue weighted by Crippen LogP contribution is 2.19. The maximum atomic E-state index is 9.15. The molecular weight excluding hydrogens is 191 g/mol. The van der Waals surface area contributed by atoms with E-state index in [1.807, 2.05) is 33.8 Å². The van der Waals surface area contributed by atoms with Gasteiger partial charge >= 0.3 is 7.12 Å². The molecule has 0 saturated heterocycles. The van der Waals surface area contributed by atoms with Crippen LogP contribution in [0.2, 0.25) is 0 Å². The van der Waals surface area contributed by atoms with E-state index in [1.165, 1.54) is 0 Å². The van der Waals surface area contributed by atoms with Crippen molar-refractivity contribution in [1.82, 2.24) is 0 Å². The maximum Gasteiger partial charge on any atom is 0.488 e. The third-order valence-corrected chi connectivity index (χ3v) is 2.20. The minimum absolute atomic E-state index is 0.0788. The van der Waals surface area contributed by atoms with Crippen LogP contribution in [0.5, 0.6) is 5.75 Å². The van der Waals surface area contributed by atoms with Crippen molar-refractivity contribution in [3.8, 4) is 5.75 Å². The van der Waals surface area contributed by atoms with Gasteiger partial charge in [0.25, 0.3) is 0 Å². The van der Waals surface area contributed by atoms with E-state index < -0.39 is 7.12 Å². The zero-order valence-corrected chi connectivity index (χ0v) is 9.61. The van der Waals surface area contributed by atoms with Crippen molar-refractivity contribution < 1.29 is 14.8 Å². The van der Waals surface area contributed by atoms with E-state index in [0.29, 0.717) is 11.2 Å². The smallest absolute Gasteiger partial charge is 0.488 e. The molecule has 0 aliphatic carbocycles. The molecule has 15 heavy (non-hydrogen) atoms. The van der Waals surface area contributed by atoms with Crippen molar-refractivity contribution in [3.63, 3.8) is 0 Å². The van der Waals surface area contributed by atoms with Gasteiger partial charge in [-0.2, -0.15) is 0 Å². The summed E-state index contributed by atoms with van der Waals surface area (Å²) < 4.78 is 5.57. The Labute approximate surface area is 90.9 Å². The highest BCUT2D eigenvalue weighted by molar-refractivity contribution is 6.59. The van der Waals surface area contributed by atoms with Crippen molar-refractivity contribution in [3.05, 3.63) is 23.3 Å². The molecule has 1 aromatic carbocycles. The molecule has 0 radical (unpaired) electrons. The molecule has 0 bridgehead atoms. The van der Waals surface area contributed by atoms with Gasteiger partial charge in [0.15, 0.2) is 0 Å². The molecular formula is C11H17BO3. The molecule has 1 rings (SSSR count). The second-order valence-electron chi connectivity index (χ2n) is 4.01. The quantitative estimate of drug-likeness (QED) is 0.721. The Bertz CT molecular complexity index is 348. The first-order valence-corrected chi connectivity index (χ1v) is 5.05. The van der Waals surface area contributed by atoms with Crippen molar-refractivity contribution in [1.29, 1.82) is 0 Å². The third-order valence-electron chi connectivity index (χ3n) is 2.20. The molecule has 4 heteroatoms. The summed E-state index contributed by atoms with van der Waals surface area (Å²) in [6.07, 6.45) is 0.0788. The SMILES string of the molecule is Cc1cc(C)c(B(O)O)cc1OC(C)C. The monoisotopic (exact) mass is 208 g/mol. The number of hydrogen-bond acceptors (Lipinski definition) is 3. The van der Waals surface area contributed by atoms with E-state index >= 15 is 0 Å². The third kappa shape index (κ3) is 2.98. The highest BCUT2D eigenvalue weighted by Gasteiger charge is 2.16. The van der Waals surface area contributed by atoms with Crippen LogP contribution in [0, 0.1) is 13.8 Å². The lowest BCUT2D eigenvalue weighted by molar-refractivity contribution is 0.241. The van der Waals surface area contributed by atoms with Gasteiger partial charge in [0.2, 0.25) is 0 Å². The van der Waals surface area contributed by atoms with Gasteiger partial charge in [-0.05, 0) is 44.8 Å². The largest absolute Gasteiger partial charge is 0.491 e. The van der Waals surface area contributed by atoms with Crippen LogP contribution in [0.3, 0.4) is 0 Å². The van der Waals surface area contributed by atoms with Gasteiger partial charge in [-0.1, -0.05) is 11.6 Å². The molecule has 0 aromatic heterocycles. The summed E-state index contributed by atoms with van der Waals surface area (Å²) >= 11 is 0. The van der Waals surface area contributed by atoms with E-state index in [4.69, 9.17) is 14.8 Å². The van der Waals surface area contributed by atoms with E-state index in [1.54, 1.807) is 6.07 Å². The van der Waals surface area contributed by atoms with Crippen molar-refractivity contribution in [2.45, 2.75) is 33.8 Å². The summed E-state index contributed by atoms with van der Waals surface area (Å²) in [6, 6.07) is 3.59. The molecule has 0 unspecified atom stereocenters. The van der Waals surface area contributed by atoms with Gasteiger partial charge in [0.1, 0.15) is 5.75 Å². The summed E-state index contributed by atoms with van der Waals surface area (Å²) in [7, 11) is -1.44. The first kappa shape index (κ1) is 12.1. The second-order valence-corrected chi connectivity index (χ2v) is 4.01. The Morgan fingerprint density at radius 1 is 1.13 bits per heavy atom. The predicted molar refractivity (Wildman–Crippen MR) is 61.5 cm³/mol. The Morgan fingerprint density at radius 2 is 1.73 bits per heavy atom. The highest BCUT2D eigenvalue weighted by atomic mass is 16.5. The first-order valence-electron chi connectivity index (χ1n) is 5.05. The minimum Gasteiger partial charge on any atom is -0.491 e. The van der Waals surface area contributed by atoms with E-state index in [0.717, 1.165) is 11.1 Å². The molecule has 0 atom stereocenters. The normalized spacial score (nSPS) is 10.6. The van der Waals surface area contributed by atoms with Gasteiger partial charge in [-0.3, -0.25) is 0 Å². The summed E-state index contributed by atoms with van der Waals surface area (Å²) in [5, 5.41) is 18.3. The van der Waals surface area contributed by atoms with Gasteiger partial charge in [0.05, 0.1) is 6.10 Å². The van der Waals surface area contributed by atoms with Crippen molar-refractivity contribution in [2.24, 2.45) is 0 Å². The maximum absolute atomic E-state index is 9.15. The van der Waals surface area contributed by atoms with Crippen LogP contribution in [-0.4, -0.2) is 23.3 Å². The topological polar surface area (TPSA) is 49.7 Å². The fourth-order valence-corrected chi connectivity index (χ4v) is 1.51. The number of rotatable bonds is 3. The van der Waals surface area contributed by atoms with Crippen LogP contribution < -0.4 is 10.2 Å². The molecule has 0 fully saturated rings. The molecule has 0 aliphatic rings. The van der Waals surface area contributed by atoms with Gasteiger partial charge < -0.3 is 14.8 Å². The van der Waals surface area contributed by atoms with Crippen LogP contribution in [0.25, 0.3) is 0 Å². The molecule has 82 valence electrons. The molecule has 3 nitrogen and oxygen atoms in total. The lowest BCUT2D eigenvalue weighted by atomic mass is 9.76. The van der Waals surface area contributed by atoms with Gasteiger partial charge in [0, 0.05) is 0 Å². The minimum atomic E-state index is -1.44.